The summed E-state index contributed by atoms with van der Waals surface area (Å²) < 4.78 is 6.99. The van der Waals surface area contributed by atoms with E-state index in [0.717, 1.165) is 28.8 Å². The maximum atomic E-state index is 12.5. The Balaban J connectivity index is 1.62. The third-order valence-electron chi connectivity index (χ3n) is 4.41. The fraction of sp³-hybridized carbons (Fsp3) is 0.333. The Labute approximate surface area is 164 Å². The van der Waals surface area contributed by atoms with E-state index in [1.165, 1.54) is 0 Å². The van der Waals surface area contributed by atoms with Crippen LogP contribution in [-0.2, 0) is 17.8 Å². The lowest BCUT2D eigenvalue weighted by atomic mass is 10.1. The molecule has 28 heavy (non-hydrogen) atoms. The zero-order valence-electron chi connectivity index (χ0n) is 16.2. The van der Waals surface area contributed by atoms with Gasteiger partial charge in [-0.15, -0.1) is 0 Å². The molecule has 0 saturated carbocycles. The van der Waals surface area contributed by atoms with Crippen LogP contribution in [0.15, 0.2) is 48.5 Å². The number of hydrogen-bond donors (Lipinski definition) is 3. The quantitative estimate of drug-likeness (QED) is 0.528. The monoisotopic (exact) mass is 382 g/mol. The molecule has 3 N–H and O–H groups in total. The van der Waals surface area contributed by atoms with Gasteiger partial charge in [-0.3, -0.25) is 4.79 Å². The molecule has 0 spiro atoms. The molecule has 3 rings (SSSR count). The number of carbonyl (C=O) groups excluding carboxylic acids is 1. The van der Waals surface area contributed by atoms with E-state index >= 15 is 0 Å². The van der Waals surface area contributed by atoms with Crippen molar-refractivity contribution in [2.75, 3.05) is 25.5 Å². The first-order chi connectivity index (χ1) is 13.6. The fourth-order valence-electron chi connectivity index (χ4n) is 2.95. The number of aromatic nitrogens is 2. The summed E-state index contributed by atoms with van der Waals surface area (Å²) in [5.41, 5.74) is 2.82. The summed E-state index contributed by atoms with van der Waals surface area (Å²) in [4.78, 5) is 17.0. The van der Waals surface area contributed by atoms with Gasteiger partial charge in [0.1, 0.15) is 12.3 Å². The first-order valence-corrected chi connectivity index (χ1v) is 9.33. The number of benzene rings is 2. The van der Waals surface area contributed by atoms with Crippen LogP contribution < -0.4 is 15.4 Å². The zero-order valence-corrected chi connectivity index (χ0v) is 16.2. The second-order valence-corrected chi connectivity index (χ2v) is 6.69. The summed E-state index contributed by atoms with van der Waals surface area (Å²) in [6.45, 7) is 2.77. The van der Waals surface area contributed by atoms with Gasteiger partial charge in [-0.25, -0.2) is 4.98 Å². The molecule has 2 aromatic carbocycles. The Morgan fingerprint density at radius 1 is 1.21 bits per heavy atom. The van der Waals surface area contributed by atoms with Gasteiger partial charge < -0.3 is 25.0 Å². The van der Waals surface area contributed by atoms with E-state index in [1.807, 2.05) is 53.1 Å². The van der Waals surface area contributed by atoms with Gasteiger partial charge in [0.05, 0.1) is 24.2 Å². The minimum absolute atomic E-state index is 0.0863. The maximum Gasteiger partial charge on any atom is 0.240 e. The Hall–Kier alpha value is -3.06. The largest absolute Gasteiger partial charge is 0.497 e. The van der Waals surface area contributed by atoms with Crippen molar-refractivity contribution in [2.24, 2.45) is 0 Å². The summed E-state index contributed by atoms with van der Waals surface area (Å²) >= 11 is 0. The summed E-state index contributed by atoms with van der Waals surface area (Å²) in [6.07, 6.45) is 0.236. The predicted molar refractivity (Wildman–Crippen MR) is 110 cm³/mol. The number of aliphatic hydroxyl groups is 1. The molecular formula is C21H26N4O3. The lowest BCUT2D eigenvalue weighted by Gasteiger charge is -2.12. The zero-order chi connectivity index (χ0) is 19.9. The van der Waals surface area contributed by atoms with Crippen LogP contribution in [0.3, 0.4) is 0 Å². The molecular weight excluding hydrogens is 356 g/mol. The van der Waals surface area contributed by atoms with Crippen LogP contribution in [0.4, 0.5) is 5.95 Å². The molecule has 0 saturated heterocycles. The number of imidazole rings is 1. The summed E-state index contributed by atoms with van der Waals surface area (Å²) in [5, 5.41) is 15.6. The number of ether oxygens (including phenoxy) is 1. The van der Waals surface area contributed by atoms with Crippen molar-refractivity contribution in [3.8, 4) is 5.75 Å². The molecule has 0 aliphatic rings. The molecule has 0 radical (unpaired) electrons. The lowest BCUT2D eigenvalue weighted by molar-refractivity contribution is -0.121. The van der Waals surface area contributed by atoms with Crippen LogP contribution in [0.2, 0.25) is 0 Å². The van der Waals surface area contributed by atoms with Crippen LogP contribution in [-0.4, -0.2) is 46.9 Å². The number of anilines is 1. The normalized spacial score (nSPS) is 12.0. The standard InChI is InChI=1S/C21H26N4O3/c1-15(26)13-23-21-24-18-5-3-4-6-19(18)25(21)14-20(27)22-12-11-16-7-9-17(28-2)10-8-16/h3-10,15,26H,11-14H2,1-2H3,(H,22,27)(H,23,24)/t15-/m0/s1. The van der Waals surface area contributed by atoms with Gasteiger partial charge in [-0.05, 0) is 43.2 Å². The average Bonchev–Trinajstić information content (AvgIpc) is 3.04. The van der Waals surface area contributed by atoms with Gasteiger partial charge in [-0.1, -0.05) is 24.3 Å². The van der Waals surface area contributed by atoms with Crippen LogP contribution in [0.1, 0.15) is 12.5 Å². The molecule has 0 fully saturated rings. The Morgan fingerprint density at radius 3 is 2.68 bits per heavy atom. The summed E-state index contributed by atoms with van der Waals surface area (Å²) in [5.74, 6) is 1.31. The van der Waals surface area contributed by atoms with E-state index in [1.54, 1.807) is 14.0 Å². The first kappa shape index (κ1) is 19.7. The number of para-hydroxylation sites is 2. The third kappa shape index (κ3) is 5.01. The number of carbonyl (C=O) groups is 1. The molecule has 1 atom stereocenters. The number of hydrogen-bond acceptors (Lipinski definition) is 5. The van der Waals surface area contributed by atoms with Gasteiger partial charge in [-0.2, -0.15) is 0 Å². The number of methoxy groups -OCH3 is 1. The Morgan fingerprint density at radius 2 is 1.96 bits per heavy atom. The van der Waals surface area contributed by atoms with Crippen LogP contribution in [0.25, 0.3) is 11.0 Å². The fourth-order valence-corrected chi connectivity index (χ4v) is 2.95. The number of rotatable bonds is 9. The van der Waals surface area contributed by atoms with Crippen molar-refractivity contribution in [3.05, 3.63) is 54.1 Å². The van der Waals surface area contributed by atoms with Crippen LogP contribution >= 0.6 is 0 Å². The number of nitrogens with one attached hydrogen (secondary N) is 2. The number of aliphatic hydroxyl groups excluding tert-OH is 1. The second-order valence-electron chi connectivity index (χ2n) is 6.69. The highest BCUT2D eigenvalue weighted by Gasteiger charge is 2.13. The molecule has 0 bridgehead atoms. The molecule has 0 aliphatic heterocycles. The molecule has 1 amide bonds. The lowest BCUT2D eigenvalue weighted by Crippen LogP contribution is -2.30. The van der Waals surface area contributed by atoms with Crippen molar-refractivity contribution in [1.29, 1.82) is 0 Å². The minimum atomic E-state index is -0.508. The van der Waals surface area contributed by atoms with E-state index in [0.29, 0.717) is 19.0 Å². The van der Waals surface area contributed by atoms with Crippen molar-refractivity contribution in [1.82, 2.24) is 14.9 Å². The molecule has 0 aliphatic carbocycles. The Bertz CT molecular complexity index is 919. The Kier molecular flexibility index (Phi) is 6.49. The molecule has 7 nitrogen and oxygen atoms in total. The third-order valence-corrected chi connectivity index (χ3v) is 4.41. The van der Waals surface area contributed by atoms with Gasteiger partial charge >= 0.3 is 0 Å². The average molecular weight is 382 g/mol. The number of nitrogens with zero attached hydrogens (tertiary/aromatic N) is 2. The van der Waals surface area contributed by atoms with Gasteiger partial charge in [0.25, 0.3) is 0 Å². The molecule has 0 unspecified atom stereocenters. The molecule has 1 aromatic heterocycles. The second kappa shape index (κ2) is 9.23. The topological polar surface area (TPSA) is 88.4 Å². The predicted octanol–water partition coefficient (Wildman–Crippen LogP) is 2.20. The number of fused-ring (bicyclic) bond motifs is 1. The van der Waals surface area contributed by atoms with Crippen molar-refractivity contribution in [2.45, 2.75) is 26.0 Å². The van der Waals surface area contributed by atoms with Crippen LogP contribution in [0, 0.1) is 0 Å². The first-order valence-electron chi connectivity index (χ1n) is 9.33. The van der Waals surface area contributed by atoms with E-state index in [9.17, 15) is 9.90 Å². The molecule has 1 heterocycles. The van der Waals surface area contributed by atoms with Gasteiger partial charge in [0.2, 0.25) is 11.9 Å². The highest BCUT2D eigenvalue weighted by molar-refractivity contribution is 5.83. The highest BCUT2D eigenvalue weighted by atomic mass is 16.5. The summed E-state index contributed by atoms with van der Waals surface area (Å²) in [7, 11) is 1.64. The minimum Gasteiger partial charge on any atom is -0.497 e. The molecule has 148 valence electrons. The van der Waals surface area contributed by atoms with Gasteiger partial charge in [0.15, 0.2) is 0 Å². The van der Waals surface area contributed by atoms with Gasteiger partial charge in [0, 0.05) is 13.1 Å². The molecule has 7 heteroatoms. The van der Waals surface area contributed by atoms with E-state index < -0.39 is 6.10 Å². The van der Waals surface area contributed by atoms with Crippen molar-refractivity contribution >= 4 is 22.9 Å². The maximum absolute atomic E-state index is 12.5. The van der Waals surface area contributed by atoms with E-state index in [2.05, 4.69) is 15.6 Å². The SMILES string of the molecule is COc1ccc(CCNC(=O)Cn2c(NC[C@H](C)O)nc3ccccc32)cc1. The van der Waals surface area contributed by atoms with Crippen LogP contribution in [0.5, 0.6) is 5.75 Å². The van der Waals surface area contributed by atoms with Crippen molar-refractivity contribution in [3.63, 3.8) is 0 Å². The molecule has 3 aromatic rings. The number of amides is 1. The van der Waals surface area contributed by atoms with E-state index in [4.69, 9.17) is 4.74 Å². The highest BCUT2D eigenvalue weighted by Crippen LogP contribution is 2.19. The van der Waals surface area contributed by atoms with Crippen molar-refractivity contribution < 1.29 is 14.6 Å². The summed E-state index contributed by atoms with van der Waals surface area (Å²) in [6, 6.07) is 15.5. The van der Waals surface area contributed by atoms with E-state index in [-0.39, 0.29) is 12.5 Å². The smallest absolute Gasteiger partial charge is 0.240 e.